The van der Waals surface area contributed by atoms with Gasteiger partial charge in [0.05, 0.1) is 16.2 Å². The molecule has 1 amide bonds. The molecule has 0 fully saturated rings. The number of aliphatic hydroxyl groups is 1. The highest BCUT2D eigenvalue weighted by Gasteiger charge is 2.22. The summed E-state index contributed by atoms with van der Waals surface area (Å²) in [7, 11) is 0. The zero-order valence-corrected chi connectivity index (χ0v) is 15.8. The monoisotopic (exact) mass is 363 g/mol. The van der Waals surface area contributed by atoms with Crippen LogP contribution in [0, 0.1) is 0 Å². The summed E-state index contributed by atoms with van der Waals surface area (Å²) in [5.41, 5.74) is 0.488. The zero-order chi connectivity index (χ0) is 18.4. The Kier molecular flexibility index (Phi) is 7.01. The number of hydrogen-bond donors (Lipinski definition) is 1. The molecule has 0 aliphatic heterocycles. The van der Waals surface area contributed by atoms with E-state index in [1.807, 2.05) is 26.8 Å². The number of carbonyl (C=O) groups excluding carboxylic acids is 1. The van der Waals surface area contributed by atoms with Crippen molar-refractivity contribution in [1.29, 1.82) is 0 Å². The van der Waals surface area contributed by atoms with Crippen LogP contribution in [0.4, 0.5) is 0 Å². The molecular weight excluding hydrogens is 338 g/mol. The Labute approximate surface area is 151 Å². The van der Waals surface area contributed by atoms with Gasteiger partial charge in [0.15, 0.2) is 5.16 Å². The Bertz CT molecular complexity index is 787. The predicted molar refractivity (Wildman–Crippen MR) is 101 cm³/mol. The number of amides is 1. The van der Waals surface area contributed by atoms with Crippen molar-refractivity contribution >= 4 is 28.6 Å². The fraction of sp³-hybridized carbons (Fsp3) is 0.500. The van der Waals surface area contributed by atoms with Crippen LogP contribution in [0.15, 0.2) is 34.2 Å². The maximum atomic E-state index is 12.8. The minimum Gasteiger partial charge on any atom is -0.396 e. The average Bonchev–Trinajstić information content (AvgIpc) is 2.62. The lowest BCUT2D eigenvalue weighted by molar-refractivity contribution is -0.129. The summed E-state index contributed by atoms with van der Waals surface area (Å²) in [5.74, 6) is 0.0334. The van der Waals surface area contributed by atoms with E-state index in [0.717, 1.165) is 0 Å². The highest BCUT2D eigenvalue weighted by Crippen LogP contribution is 2.24. The first-order valence-electron chi connectivity index (χ1n) is 8.59. The summed E-state index contributed by atoms with van der Waals surface area (Å²) in [4.78, 5) is 31.7. The largest absolute Gasteiger partial charge is 0.396 e. The van der Waals surface area contributed by atoms with Crippen LogP contribution in [-0.4, -0.2) is 50.4 Å². The first kappa shape index (κ1) is 19.5. The van der Waals surface area contributed by atoms with Crippen molar-refractivity contribution in [2.75, 3.05) is 19.7 Å². The van der Waals surface area contributed by atoms with Crippen molar-refractivity contribution in [3.63, 3.8) is 0 Å². The van der Waals surface area contributed by atoms with Crippen LogP contribution in [0.3, 0.4) is 0 Å². The third-order valence-electron chi connectivity index (χ3n) is 4.07. The minimum atomic E-state index is -0.340. The molecule has 0 radical (unpaired) electrons. The van der Waals surface area contributed by atoms with E-state index in [2.05, 4.69) is 4.98 Å². The second-order valence-corrected chi connectivity index (χ2v) is 7.02. The van der Waals surface area contributed by atoms with Gasteiger partial charge < -0.3 is 10.0 Å². The number of aromatic nitrogens is 2. The van der Waals surface area contributed by atoms with E-state index < -0.39 is 0 Å². The molecule has 0 aliphatic rings. The van der Waals surface area contributed by atoms with Gasteiger partial charge in [0, 0.05) is 26.2 Å². The van der Waals surface area contributed by atoms with Gasteiger partial charge in [-0.15, -0.1) is 0 Å². The summed E-state index contributed by atoms with van der Waals surface area (Å²) >= 11 is 1.30. The number of fused-ring (bicyclic) bond motifs is 1. The van der Waals surface area contributed by atoms with E-state index in [4.69, 9.17) is 5.11 Å². The topological polar surface area (TPSA) is 75.4 Å². The molecule has 0 spiro atoms. The minimum absolute atomic E-state index is 0.00267. The Morgan fingerprint density at radius 2 is 2.00 bits per heavy atom. The fourth-order valence-corrected chi connectivity index (χ4v) is 3.68. The van der Waals surface area contributed by atoms with E-state index in [0.29, 0.717) is 42.1 Å². The van der Waals surface area contributed by atoms with Crippen molar-refractivity contribution in [2.45, 2.75) is 44.1 Å². The lowest BCUT2D eigenvalue weighted by atomic mass is 10.2. The highest BCUT2D eigenvalue weighted by atomic mass is 32.2. The van der Waals surface area contributed by atoms with Gasteiger partial charge in [0.25, 0.3) is 5.56 Å². The quantitative estimate of drug-likeness (QED) is 0.574. The first-order chi connectivity index (χ1) is 12.0. The van der Waals surface area contributed by atoms with E-state index in [9.17, 15) is 9.59 Å². The summed E-state index contributed by atoms with van der Waals surface area (Å²) in [6.45, 7) is 7.42. The number of nitrogens with zero attached hydrogens (tertiary/aromatic N) is 3. The van der Waals surface area contributed by atoms with Gasteiger partial charge in [0.1, 0.15) is 0 Å². The van der Waals surface area contributed by atoms with Crippen molar-refractivity contribution < 1.29 is 9.90 Å². The lowest BCUT2D eigenvalue weighted by Crippen LogP contribution is -2.36. The molecule has 0 bridgehead atoms. The van der Waals surface area contributed by atoms with Crippen LogP contribution in [0.25, 0.3) is 10.9 Å². The van der Waals surface area contributed by atoms with Gasteiger partial charge in [-0.05, 0) is 39.3 Å². The number of thioether (sulfide) groups is 1. The summed E-state index contributed by atoms with van der Waals surface area (Å²) in [6, 6.07) is 7.19. The second-order valence-electron chi connectivity index (χ2n) is 5.72. The molecule has 1 aromatic carbocycles. The molecule has 2 rings (SSSR count). The number of benzene rings is 1. The van der Waals surface area contributed by atoms with Crippen LogP contribution < -0.4 is 5.56 Å². The number of para-hydroxylation sites is 1. The van der Waals surface area contributed by atoms with Gasteiger partial charge in [-0.3, -0.25) is 14.2 Å². The molecular formula is C18H25N3O3S. The number of aliphatic hydroxyl groups excluding tert-OH is 1. The highest BCUT2D eigenvalue weighted by molar-refractivity contribution is 8.00. The van der Waals surface area contributed by atoms with Gasteiger partial charge in [0.2, 0.25) is 5.91 Å². The van der Waals surface area contributed by atoms with E-state index >= 15 is 0 Å². The zero-order valence-electron chi connectivity index (χ0n) is 14.9. The van der Waals surface area contributed by atoms with Crippen LogP contribution in [-0.2, 0) is 11.3 Å². The molecule has 1 unspecified atom stereocenters. The number of carbonyl (C=O) groups is 1. The molecule has 25 heavy (non-hydrogen) atoms. The SMILES string of the molecule is CCN(CC)C(=O)C(C)Sc1nc2ccccc2c(=O)n1CCCO. The average molecular weight is 363 g/mol. The Morgan fingerprint density at radius 3 is 2.64 bits per heavy atom. The smallest absolute Gasteiger partial charge is 0.262 e. The standard InChI is InChI=1S/C18H25N3O3S/c1-4-20(5-2)16(23)13(3)25-18-19-15-10-7-6-9-14(15)17(24)21(18)11-8-12-22/h6-7,9-10,13,22H,4-5,8,11-12H2,1-3H3. The molecule has 7 heteroatoms. The van der Waals surface area contributed by atoms with Gasteiger partial charge in [-0.1, -0.05) is 23.9 Å². The third kappa shape index (κ3) is 4.41. The van der Waals surface area contributed by atoms with Gasteiger partial charge in [-0.2, -0.15) is 0 Å². The number of rotatable bonds is 8. The van der Waals surface area contributed by atoms with E-state index in [1.165, 1.54) is 11.8 Å². The summed E-state index contributed by atoms with van der Waals surface area (Å²) in [5, 5.41) is 9.85. The van der Waals surface area contributed by atoms with Crippen LogP contribution in [0.2, 0.25) is 0 Å². The maximum Gasteiger partial charge on any atom is 0.262 e. The number of hydrogen-bond acceptors (Lipinski definition) is 5. The first-order valence-corrected chi connectivity index (χ1v) is 9.47. The van der Waals surface area contributed by atoms with Crippen LogP contribution >= 0.6 is 11.8 Å². The molecule has 136 valence electrons. The molecule has 6 nitrogen and oxygen atoms in total. The summed E-state index contributed by atoms with van der Waals surface area (Å²) in [6.07, 6.45) is 0.464. The predicted octanol–water partition coefficient (Wildman–Crippen LogP) is 2.13. The van der Waals surface area contributed by atoms with Gasteiger partial charge >= 0.3 is 0 Å². The Hall–Kier alpha value is -1.86. The Morgan fingerprint density at radius 1 is 1.32 bits per heavy atom. The van der Waals surface area contributed by atoms with Gasteiger partial charge in [-0.25, -0.2) is 4.98 Å². The van der Waals surface area contributed by atoms with E-state index in [-0.39, 0.29) is 23.3 Å². The van der Waals surface area contributed by atoms with Crippen molar-refractivity contribution in [1.82, 2.24) is 14.5 Å². The Balaban J connectivity index is 2.41. The van der Waals surface area contributed by atoms with Crippen LogP contribution in [0.5, 0.6) is 0 Å². The van der Waals surface area contributed by atoms with E-state index in [1.54, 1.807) is 27.7 Å². The van der Waals surface area contributed by atoms with Crippen LogP contribution in [0.1, 0.15) is 27.2 Å². The fourth-order valence-electron chi connectivity index (χ4n) is 2.66. The molecule has 0 aliphatic carbocycles. The maximum absolute atomic E-state index is 12.8. The molecule has 1 heterocycles. The van der Waals surface area contributed by atoms with Crippen molar-refractivity contribution in [3.8, 4) is 0 Å². The summed E-state index contributed by atoms with van der Waals surface area (Å²) < 4.78 is 1.56. The lowest BCUT2D eigenvalue weighted by Gasteiger charge is -2.23. The van der Waals surface area contributed by atoms with Crippen molar-refractivity contribution in [2.24, 2.45) is 0 Å². The molecule has 1 aromatic heterocycles. The molecule has 0 saturated heterocycles. The second kappa shape index (κ2) is 9.01. The molecule has 1 N–H and O–H groups in total. The molecule has 1 atom stereocenters. The molecule has 0 saturated carbocycles. The van der Waals surface area contributed by atoms with Crippen molar-refractivity contribution in [3.05, 3.63) is 34.6 Å². The normalized spacial score (nSPS) is 12.3. The third-order valence-corrected chi connectivity index (χ3v) is 5.15. The molecule has 2 aromatic rings.